The Hall–Kier alpha value is -2.24. The van der Waals surface area contributed by atoms with Crippen molar-refractivity contribution in [2.24, 2.45) is 0 Å². The van der Waals surface area contributed by atoms with E-state index in [1.54, 1.807) is 0 Å². The molecule has 0 spiro atoms. The Kier molecular flexibility index (Phi) is 7.93. The fourth-order valence-corrected chi connectivity index (χ4v) is 4.73. The lowest BCUT2D eigenvalue weighted by atomic mass is 10.1. The molecular weight excluding hydrogens is 468 g/mol. The van der Waals surface area contributed by atoms with E-state index in [9.17, 15) is 4.79 Å². The number of nitrogens with zero attached hydrogens (tertiary/aromatic N) is 3. The van der Waals surface area contributed by atoms with Gasteiger partial charge >= 0.3 is 0 Å². The Morgan fingerprint density at radius 1 is 1.00 bits per heavy atom. The van der Waals surface area contributed by atoms with Crippen LogP contribution in [0, 0.1) is 11.3 Å². The molecule has 0 aromatic heterocycles. The van der Waals surface area contributed by atoms with E-state index in [0.717, 1.165) is 68.0 Å². The van der Waals surface area contributed by atoms with Gasteiger partial charge in [-0.2, -0.15) is 5.26 Å². The van der Waals surface area contributed by atoms with Crippen molar-refractivity contribution >= 4 is 27.4 Å². The highest BCUT2D eigenvalue weighted by atomic mass is 79.9. The standard InChI is InChI=1S/C25H29BrN4O2/c26-21-6-4-20(5-7-21)25(31)10-13-30-17-23-15-29(16-24(18-30)32-23)12-1-11-28-22-8-2-19(14-27)3-9-22/h2-9,23-24,28H,1,10-13,15-18H2. The van der Waals surface area contributed by atoms with Gasteiger partial charge in [0.1, 0.15) is 0 Å². The molecule has 2 bridgehead atoms. The van der Waals surface area contributed by atoms with Crippen LogP contribution in [0.2, 0.25) is 0 Å². The molecule has 0 saturated carbocycles. The van der Waals surface area contributed by atoms with Crippen LogP contribution in [0.3, 0.4) is 0 Å². The molecular formula is C25H29BrN4O2. The van der Waals surface area contributed by atoms with E-state index in [0.29, 0.717) is 12.0 Å². The number of morpholine rings is 2. The molecule has 32 heavy (non-hydrogen) atoms. The molecule has 2 heterocycles. The smallest absolute Gasteiger partial charge is 0.164 e. The highest BCUT2D eigenvalue weighted by Gasteiger charge is 2.34. The van der Waals surface area contributed by atoms with Gasteiger partial charge in [-0.15, -0.1) is 0 Å². The van der Waals surface area contributed by atoms with E-state index < -0.39 is 0 Å². The maximum absolute atomic E-state index is 12.5. The van der Waals surface area contributed by atoms with Gasteiger partial charge in [0.15, 0.2) is 5.78 Å². The molecule has 7 heteroatoms. The van der Waals surface area contributed by atoms with Gasteiger partial charge in [-0.25, -0.2) is 0 Å². The number of rotatable bonds is 9. The number of hydrogen-bond acceptors (Lipinski definition) is 6. The van der Waals surface area contributed by atoms with Gasteiger partial charge in [0.05, 0.1) is 23.8 Å². The van der Waals surface area contributed by atoms with E-state index in [2.05, 4.69) is 37.1 Å². The summed E-state index contributed by atoms with van der Waals surface area (Å²) in [7, 11) is 0. The van der Waals surface area contributed by atoms with Crippen molar-refractivity contribution in [2.45, 2.75) is 25.0 Å². The van der Waals surface area contributed by atoms with Crippen molar-refractivity contribution in [2.75, 3.05) is 51.1 Å². The fraction of sp³-hybridized carbons (Fsp3) is 0.440. The molecule has 2 aromatic carbocycles. The first-order valence-electron chi connectivity index (χ1n) is 11.2. The lowest BCUT2D eigenvalue weighted by molar-refractivity contribution is -0.138. The first-order chi connectivity index (χ1) is 15.6. The lowest BCUT2D eigenvalue weighted by Crippen LogP contribution is -2.59. The van der Waals surface area contributed by atoms with Crippen LogP contribution in [0.5, 0.6) is 0 Å². The highest BCUT2D eigenvalue weighted by Crippen LogP contribution is 2.20. The second kappa shape index (κ2) is 11.1. The molecule has 0 amide bonds. The number of carbonyl (C=O) groups is 1. The minimum absolute atomic E-state index is 0.200. The number of anilines is 1. The number of nitriles is 1. The number of benzene rings is 2. The average Bonchev–Trinajstić information content (AvgIpc) is 2.80. The topological polar surface area (TPSA) is 68.6 Å². The van der Waals surface area contributed by atoms with Crippen LogP contribution in [-0.4, -0.2) is 73.6 Å². The number of fused-ring (bicyclic) bond motifs is 2. The number of ether oxygens (including phenoxy) is 1. The summed E-state index contributed by atoms with van der Waals surface area (Å²) in [5.41, 5.74) is 2.51. The summed E-state index contributed by atoms with van der Waals surface area (Å²) in [6.07, 6.45) is 2.05. The Morgan fingerprint density at radius 3 is 2.25 bits per heavy atom. The predicted octanol–water partition coefficient (Wildman–Crippen LogP) is 3.78. The molecule has 2 aliphatic rings. The summed E-state index contributed by atoms with van der Waals surface area (Å²) in [5, 5.41) is 12.3. The van der Waals surface area contributed by atoms with Gasteiger partial charge < -0.3 is 10.1 Å². The minimum atomic E-state index is 0.200. The van der Waals surface area contributed by atoms with Gasteiger partial charge in [-0.3, -0.25) is 14.6 Å². The fourth-order valence-electron chi connectivity index (χ4n) is 4.46. The Morgan fingerprint density at radius 2 is 1.62 bits per heavy atom. The average molecular weight is 497 g/mol. The zero-order valence-electron chi connectivity index (χ0n) is 18.2. The molecule has 2 saturated heterocycles. The number of nitrogens with one attached hydrogen (secondary N) is 1. The second-order valence-corrected chi connectivity index (χ2v) is 9.46. The third-order valence-electron chi connectivity index (χ3n) is 6.05. The summed E-state index contributed by atoms with van der Waals surface area (Å²) in [4.78, 5) is 17.4. The molecule has 2 aliphatic heterocycles. The van der Waals surface area contributed by atoms with Crippen molar-refractivity contribution in [1.82, 2.24) is 9.80 Å². The number of hydrogen-bond donors (Lipinski definition) is 1. The summed E-state index contributed by atoms with van der Waals surface area (Å²) in [5.74, 6) is 0.200. The zero-order chi connectivity index (χ0) is 22.3. The van der Waals surface area contributed by atoms with Crippen LogP contribution in [-0.2, 0) is 4.74 Å². The van der Waals surface area contributed by atoms with Gasteiger partial charge in [0.25, 0.3) is 0 Å². The monoisotopic (exact) mass is 496 g/mol. The zero-order valence-corrected chi connectivity index (χ0v) is 19.8. The molecule has 0 aliphatic carbocycles. The van der Waals surface area contributed by atoms with Crippen molar-refractivity contribution in [3.63, 3.8) is 0 Å². The first kappa shape index (κ1) is 22.9. The summed E-state index contributed by atoms with van der Waals surface area (Å²) in [6, 6.07) is 17.3. The van der Waals surface area contributed by atoms with E-state index in [1.807, 2.05) is 48.5 Å². The molecule has 1 N–H and O–H groups in total. The quantitative estimate of drug-likeness (QED) is 0.420. The van der Waals surface area contributed by atoms with Crippen LogP contribution in [0.4, 0.5) is 5.69 Å². The van der Waals surface area contributed by atoms with Crippen LogP contribution in [0.15, 0.2) is 53.0 Å². The Bertz CT molecular complexity index is 928. The van der Waals surface area contributed by atoms with Crippen LogP contribution >= 0.6 is 15.9 Å². The van der Waals surface area contributed by atoms with Crippen molar-refractivity contribution in [1.29, 1.82) is 5.26 Å². The number of ketones is 1. The van der Waals surface area contributed by atoms with E-state index >= 15 is 0 Å². The first-order valence-corrected chi connectivity index (χ1v) is 12.0. The van der Waals surface area contributed by atoms with Gasteiger partial charge in [0.2, 0.25) is 0 Å². The van der Waals surface area contributed by atoms with Crippen molar-refractivity contribution < 1.29 is 9.53 Å². The number of halogens is 1. The molecule has 2 aromatic rings. The van der Waals surface area contributed by atoms with E-state index in [-0.39, 0.29) is 18.0 Å². The lowest BCUT2D eigenvalue weighted by Gasteiger charge is -2.46. The predicted molar refractivity (Wildman–Crippen MR) is 129 cm³/mol. The van der Waals surface area contributed by atoms with Crippen LogP contribution < -0.4 is 5.32 Å². The van der Waals surface area contributed by atoms with E-state index in [1.165, 1.54) is 0 Å². The SMILES string of the molecule is N#Cc1ccc(NCCCN2CC3CN(CCC(=O)c4ccc(Br)cc4)CC(C2)O3)cc1. The molecule has 0 radical (unpaired) electrons. The molecule has 4 rings (SSSR count). The molecule has 6 nitrogen and oxygen atoms in total. The van der Waals surface area contributed by atoms with Crippen molar-refractivity contribution in [3.8, 4) is 6.07 Å². The summed E-state index contributed by atoms with van der Waals surface area (Å²) >= 11 is 3.41. The van der Waals surface area contributed by atoms with Crippen LogP contribution in [0.25, 0.3) is 0 Å². The molecule has 2 atom stereocenters. The molecule has 2 unspecified atom stereocenters. The van der Waals surface area contributed by atoms with E-state index in [4.69, 9.17) is 10.00 Å². The normalized spacial score (nSPS) is 21.1. The van der Waals surface area contributed by atoms with Gasteiger partial charge in [-0.1, -0.05) is 28.1 Å². The maximum atomic E-state index is 12.5. The number of Topliss-reactive ketones (excluding diaryl/α,β-unsaturated/α-hetero) is 1. The van der Waals surface area contributed by atoms with Gasteiger partial charge in [0, 0.05) is 68.0 Å². The second-order valence-electron chi connectivity index (χ2n) is 8.55. The highest BCUT2D eigenvalue weighted by molar-refractivity contribution is 9.10. The summed E-state index contributed by atoms with van der Waals surface area (Å²) in [6.45, 7) is 6.42. The molecule has 2 fully saturated rings. The third kappa shape index (κ3) is 6.39. The van der Waals surface area contributed by atoms with Crippen LogP contribution in [0.1, 0.15) is 28.8 Å². The summed E-state index contributed by atoms with van der Waals surface area (Å²) < 4.78 is 7.16. The maximum Gasteiger partial charge on any atom is 0.164 e. The third-order valence-corrected chi connectivity index (χ3v) is 6.58. The van der Waals surface area contributed by atoms with Crippen molar-refractivity contribution in [3.05, 3.63) is 64.1 Å². The Balaban J connectivity index is 1.16. The van der Waals surface area contributed by atoms with Gasteiger partial charge in [-0.05, 0) is 42.8 Å². The Labute approximate surface area is 198 Å². The minimum Gasteiger partial charge on any atom is -0.385 e. The molecule has 168 valence electrons. The number of carbonyl (C=O) groups excluding carboxylic acids is 1. The largest absolute Gasteiger partial charge is 0.385 e.